The van der Waals surface area contributed by atoms with Gasteiger partial charge >= 0.3 is 0 Å². The number of rotatable bonds is 3. The summed E-state index contributed by atoms with van der Waals surface area (Å²) in [5.74, 6) is -1.12. The van der Waals surface area contributed by atoms with Gasteiger partial charge in [0.25, 0.3) is 5.97 Å². The van der Waals surface area contributed by atoms with E-state index < -0.39 is 5.97 Å². The fraction of sp³-hybridized carbons (Fsp3) is 0.364. The second-order valence-corrected chi connectivity index (χ2v) is 3.43. The third-order valence-electron chi connectivity index (χ3n) is 2.40. The maximum atomic E-state index is 11.8. The van der Waals surface area contributed by atoms with Crippen molar-refractivity contribution in [3.8, 4) is 0 Å². The number of carbonyl (C=O) groups is 1. The molecule has 1 radical (unpaired) electrons. The molecule has 0 aliphatic carbocycles. The number of aryl methyl sites for hydroxylation is 2. The number of aromatic nitrogens is 1. The van der Waals surface area contributed by atoms with Crippen molar-refractivity contribution in [3.05, 3.63) is 39.8 Å². The molecule has 0 unspecified atom stereocenters. The van der Waals surface area contributed by atoms with Crippen LogP contribution in [0.5, 0.6) is 0 Å². The van der Waals surface area contributed by atoms with Gasteiger partial charge in [0, 0.05) is 32.7 Å². The molecule has 0 saturated heterocycles. The van der Waals surface area contributed by atoms with Gasteiger partial charge in [-0.2, -0.15) is 0 Å². The third-order valence-corrected chi connectivity index (χ3v) is 2.40. The van der Waals surface area contributed by atoms with E-state index in [4.69, 9.17) is 5.11 Å². The summed E-state index contributed by atoms with van der Waals surface area (Å²) in [4.78, 5) is 22.3. The average Bonchev–Trinajstić information content (AvgIpc) is 2.18. The van der Waals surface area contributed by atoms with Crippen LogP contribution in [0.2, 0.25) is 0 Å². The molecule has 1 N–H and O–H groups in total. The summed E-state index contributed by atoms with van der Waals surface area (Å²) < 4.78 is 1.16. The zero-order valence-corrected chi connectivity index (χ0v) is 12.5. The Labute approximate surface area is 120 Å². The molecule has 0 aromatic carbocycles. The van der Waals surface area contributed by atoms with Crippen LogP contribution in [0.4, 0.5) is 0 Å². The van der Waals surface area contributed by atoms with Gasteiger partial charge in [-0.3, -0.25) is 4.79 Å². The number of hydrogen-bond acceptors (Lipinski definition) is 2. The first-order valence-corrected chi connectivity index (χ1v) is 4.76. The van der Waals surface area contributed by atoms with Crippen LogP contribution in [0.25, 0.3) is 0 Å². The Morgan fingerprint density at radius 1 is 1.50 bits per heavy atom. The molecule has 5 heteroatoms. The number of nitrogens with zero attached hydrogens (tertiary/aromatic N) is 1. The Kier molecular flexibility index (Phi) is 5.97. The van der Waals surface area contributed by atoms with E-state index in [1.807, 2.05) is 13.0 Å². The molecule has 85 valence electrons. The monoisotopic (exact) mass is 297 g/mol. The van der Waals surface area contributed by atoms with E-state index in [-0.39, 0.29) is 38.3 Å². The average molecular weight is 297 g/mol. The zero-order chi connectivity index (χ0) is 11.6. The van der Waals surface area contributed by atoms with Crippen molar-refractivity contribution < 1.29 is 42.6 Å². The molecule has 0 amide bonds. The molecule has 0 spiro atoms. The van der Waals surface area contributed by atoms with Gasteiger partial charge in [-0.1, -0.05) is 31.2 Å². The molecule has 0 atom stereocenters. The molecule has 0 saturated carbocycles. The molecule has 1 aromatic heterocycles. The zero-order valence-electron chi connectivity index (χ0n) is 9.65. The smallest absolute Gasteiger partial charge is 0.288 e. The molecule has 0 bridgehead atoms. The van der Waals surface area contributed by atoms with E-state index >= 15 is 0 Å². The maximum absolute atomic E-state index is 11.8. The molecule has 1 heterocycles. The number of carboxylic acids is 1. The normalized spacial score (nSPS) is 9.44. The van der Waals surface area contributed by atoms with Crippen molar-refractivity contribution in [2.45, 2.75) is 27.2 Å². The van der Waals surface area contributed by atoms with Gasteiger partial charge in [-0.15, -0.1) is 0 Å². The number of aliphatic carboxylic acids is 1. The first-order chi connectivity index (χ1) is 6.97. The van der Waals surface area contributed by atoms with Gasteiger partial charge in [-0.25, -0.2) is 0 Å². The molecule has 4 nitrogen and oxygen atoms in total. The fourth-order valence-electron chi connectivity index (χ4n) is 1.55. The van der Waals surface area contributed by atoms with E-state index in [1.165, 1.54) is 0 Å². The second kappa shape index (κ2) is 6.21. The van der Waals surface area contributed by atoms with Crippen LogP contribution in [-0.2, 0) is 43.9 Å². The summed E-state index contributed by atoms with van der Waals surface area (Å²) in [5.41, 5.74) is 1.97. The molecule has 0 fully saturated rings. The van der Waals surface area contributed by atoms with Crippen LogP contribution in [0.15, 0.2) is 10.9 Å². The first kappa shape index (κ1) is 15.4. The SMILES string of the molecule is CCc1cc(C)n([CH-]C(=O)O)c(=O)c1C.[Y]. The van der Waals surface area contributed by atoms with Crippen LogP contribution in [0.3, 0.4) is 0 Å². The molecule has 16 heavy (non-hydrogen) atoms. The van der Waals surface area contributed by atoms with Gasteiger partial charge in [0.1, 0.15) is 5.56 Å². The topological polar surface area (TPSA) is 59.3 Å². The summed E-state index contributed by atoms with van der Waals surface area (Å²) >= 11 is 0. The summed E-state index contributed by atoms with van der Waals surface area (Å²) in [6.45, 7) is 6.29. The second-order valence-electron chi connectivity index (χ2n) is 3.43. The first-order valence-electron chi connectivity index (χ1n) is 4.76. The fourth-order valence-corrected chi connectivity index (χ4v) is 1.55. The van der Waals surface area contributed by atoms with Crippen molar-refractivity contribution in [1.82, 2.24) is 4.57 Å². The third kappa shape index (κ3) is 3.19. The van der Waals surface area contributed by atoms with Crippen molar-refractivity contribution in [3.63, 3.8) is 0 Å². The Hall–Kier alpha value is -0.606. The van der Waals surface area contributed by atoms with E-state index in [0.29, 0.717) is 11.3 Å². The van der Waals surface area contributed by atoms with Gasteiger partial charge < -0.3 is 14.5 Å². The predicted octanol–water partition coefficient (Wildman–Crippen LogP) is 1.12. The summed E-state index contributed by atoms with van der Waals surface area (Å²) in [6.07, 6.45) is 0.774. The largest absolute Gasteiger partial charge is 0.486 e. The Morgan fingerprint density at radius 3 is 2.50 bits per heavy atom. The standard InChI is InChI=1S/C11H14NO3.Y/c1-4-9-5-7(2)12(6-10(13)14)11(15)8(9)3;/h5-6H,4H2,1-3H3,(H,13,14);/q-1;. The molecule has 1 aromatic rings. The van der Waals surface area contributed by atoms with Crippen molar-refractivity contribution >= 4 is 5.97 Å². The molecular formula is C11H14NO3Y-. The number of hydrogen-bond donors (Lipinski definition) is 1. The maximum Gasteiger partial charge on any atom is 0.288 e. The molecular weight excluding hydrogens is 283 g/mol. The van der Waals surface area contributed by atoms with Crippen molar-refractivity contribution in [1.29, 1.82) is 0 Å². The van der Waals surface area contributed by atoms with E-state index in [9.17, 15) is 9.59 Å². The van der Waals surface area contributed by atoms with Crippen LogP contribution in [0, 0.1) is 20.4 Å². The summed E-state index contributed by atoms with van der Waals surface area (Å²) in [5, 5.41) is 8.62. The summed E-state index contributed by atoms with van der Waals surface area (Å²) in [6, 6.07) is 1.84. The van der Waals surface area contributed by atoms with E-state index in [1.54, 1.807) is 13.8 Å². The van der Waals surface area contributed by atoms with Gasteiger partial charge in [-0.05, 0) is 25.5 Å². The van der Waals surface area contributed by atoms with E-state index in [2.05, 4.69) is 0 Å². The number of pyridine rings is 1. The quantitative estimate of drug-likeness (QED) is 0.851. The van der Waals surface area contributed by atoms with Gasteiger partial charge in [0.15, 0.2) is 0 Å². The molecule has 0 aliphatic rings. The molecule has 0 aliphatic heterocycles. The predicted molar refractivity (Wildman–Crippen MR) is 56.9 cm³/mol. The Balaban J connectivity index is 0.00000225. The minimum atomic E-state index is -1.12. The molecule has 1 rings (SSSR count). The Morgan fingerprint density at radius 2 is 2.06 bits per heavy atom. The van der Waals surface area contributed by atoms with E-state index in [0.717, 1.165) is 23.1 Å². The summed E-state index contributed by atoms with van der Waals surface area (Å²) in [7, 11) is 0. The minimum absolute atomic E-state index is 0. The van der Waals surface area contributed by atoms with Gasteiger partial charge in [0.2, 0.25) is 0 Å². The van der Waals surface area contributed by atoms with Crippen LogP contribution < -0.4 is 5.56 Å². The number of carboxylic acid groups (broad SMARTS) is 1. The minimum Gasteiger partial charge on any atom is -0.486 e. The Bertz CT molecular complexity index is 451. The van der Waals surface area contributed by atoms with Crippen LogP contribution in [-0.4, -0.2) is 15.6 Å². The van der Waals surface area contributed by atoms with Gasteiger partial charge in [0.05, 0.1) is 0 Å². The van der Waals surface area contributed by atoms with Crippen molar-refractivity contribution in [2.75, 3.05) is 0 Å². The van der Waals surface area contributed by atoms with Crippen molar-refractivity contribution in [2.24, 2.45) is 0 Å². The van der Waals surface area contributed by atoms with Crippen LogP contribution >= 0.6 is 0 Å². The van der Waals surface area contributed by atoms with Crippen LogP contribution in [0.1, 0.15) is 23.7 Å².